The smallest absolute Gasteiger partial charge is 0.255 e. The molecule has 0 fully saturated rings. The Bertz CT molecular complexity index is 809. The number of hydrogen-bond acceptors (Lipinski definition) is 4. The van der Waals surface area contributed by atoms with Crippen molar-refractivity contribution < 1.29 is 19.1 Å². The maximum absolute atomic E-state index is 13.1. The molecule has 2 aromatic rings. The molecule has 2 rings (SSSR count). The van der Waals surface area contributed by atoms with Gasteiger partial charge in [0, 0.05) is 18.2 Å². The van der Waals surface area contributed by atoms with Crippen molar-refractivity contribution in [3.8, 4) is 11.5 Å². The van der Waals surface area contributed by atoms with Crippen LogP contribution in [0.1, 0.15) is 29.8 Å². The third-order valence-corrected chi connectivity index (χ3v) is 4.20. The van der Waals surface area contributed by atoms with E-state index < -0.39 is 5.91 Å². The average Bonchev–Trinajstić information content (AvgIpc) is 2.64. The monoisotopic (exact) mass is 390 g/mol. The first-order chi connectivity index (χ1) is 12.8. The molecular formula is C20H23ClN2O4. The van der Waals surface area contributed by atoms with E-state index in [2.05, 4.69) is 0 Å². The topological polar surface area (TPSA) is 81.9 Å². The minimum Gasteiger partial charge on any atom is -0.493 e. The van der Waals surface area contributed by atoms with Gasteiger partial charge in [-0.15, -0.1) is 0 Å². The Morgan fingerprint density at radius 3 is 2.41 bits per heavy atom. The van der Waals surface area contributed by atoms with Gasteiger partial charge in [-0.1, -0.05) is 41.9 Å². The summed E-state index contributed by atoms with van der Waals surface area (Å²) in [7, 11) is 1.43. The van der Waals surface area contributed by atoms with Crippen LogP contribution in [0.15, 0.2) is 42.5 Å². The van der Waals surface area contributed by atoms with Crippen molar-refractivity contribution in [3.63, 3.8) is 0 Å². The molecule has 2 amide bonds. The fourth-order valence-electron chi connectivity index (χ4n) is 2.56. The molecule has 2 aromatic carbocycles. The number of nitrogens with zero attached hydrogens (tertiary/aromatic N) is 1. The second-order valence-corrected chi connectivity index (χ2v) is 6.66. The minimum atomic E-state index is -0.637. The number of methoxy groups -OCH3 is 1. The number of carbonyl (C=O) groups is 2. The van der Waals surface area contributed by atoms with Crippen LogP contribution in [0.3, 0.4) is 0 Å². The number of benzene rings is 2. The van der Waals surface area contributed by atoms with Gasteiger partial charge in [0.2, 0.25) is 0 Å². The van der Waals surface area contributed by atoms with Gasteiger partial charge < -0.3 is 20.1 Å². The summed E-state index contributed by atoms with van der Waals surface area (Å²) in [5.74, 6) is -0.387. The fraction of sp³-hybridized carbons (Fsp3) is 0.300. The highest BCUT2D eigenvalue weighted by molar-refractivity contribution is 6.32. The highest BCUT2D eigenvalue weighted by Gasteiger charge is 2.22. The van der Waals surface area contributed by atoms with Crippen LogP contribution in [0.25, 0.3) is 0 Å². The molecule has 2 N–H and O–H groups in total. The van der Waals surface area contributed by atoms with E-state index in [-0.39, 0.29) is 35.1 Å². The van der Waals surface area contributed by atoms with Crippen molar-refractivity contribution in [2.24, 2.45) is 5.73 Å². The Morgan fingerprint density at radius 2 is 1.85 bits per heavy atom. The van der Waals surface area contributed by atoms with Crippen LogP contribution in [-0.4, -0.2) is 36.5 Å². The van der Waals surface area contributed by atoms with Gasteiger partial charge in [-0.3, -0.25) is 9.59 Å². The Kier molecular flexibility index (Phi) is 7.07. The molecule has 0 heterocycles. The van der Waals surface area contributed by atoms with Gasteiger partial charge in [-0.05, 0) is 31.5 Å². The van der Waals surface area contributed by atoms with E-state index in [0.29, 0.717) is 12.1 Å². The quantitative estimate of drug-likeness (QED) is 0.750. The van der Waals surface area contributed by atoms with E-state index in [0.717, 1.165) is 5.56 Å². The lowest BCUT2D eigenvalue weighted by molar-refractivity contribution is -0.119. The van der Waals surface area contributed by atoms with Crippen molar-refractivity contribution in [3.05, 3.63) is 58.6 Å². The van der Waals surface area contributed by atoms with Crippen molar-refractivity contribution in [2.45, 2.75) is 26.4 Å². The number of halogens is 1. The Labute approximate surface area is 163 Å². The third kappa shape index (κ3) is 5.37. The predicted octanol–water partition coefficient (Wildman–Crippen LogP) is 3.26. The van der Waals surface area contributed by atoms with Gasteiger partial charge in [0.15, 0.2) is 18.1 Å². The predicted molar refractivity (Wildman–Crippen MR) is 104 cm³/mol. The molecule has 0 aromatic heterocycles. The summed E-state index contributed by atoms with van der Waals surface area (Å²) in [5.41, 5.74) is 6.49. The van der Waals surface area contributed by atoms with Crippen LogP contribution >= 0.6 is 11.6 Å². The normalized spacial score (nSPS) is 10.6. The highest BCUT2D eigenvalue weighted by atomic mass is 35.5. The van der Waals surface area contributed by atoms with E-state index in [9.17, 15) is 9.59 Å². The number of primary amides is 1. The maximum Gasteiger partial charge on any atom is 0.255 e. The van der Waals surface area contributed by atoms with Gasteiger partial charge in [0.05, 0.1) is 12.1 Å². The molecule has 7 heteroatoms. The van der Waals surface area contributed by atoms with E-state index >= 15 is 0 Å². The first kappa shape index (κ1) is 20.6. The largest absolute Gasteiger partial charge is 0.493 e. The molecule has 0 unspecified atom stereocenters. The molecular weight excluding hydrogens is 368 g/mol. The molecule has 0 atom stereocenters. The Hall–Kier alpha value is -2.73. The summed E-state index contributed by atoms with van der Waals surface area (Å²) in [5, 5.41) is 0.169. The van der Waals surface area contributed by atoms with E-state index in [1.807, 2.05) is 44.2 Å². The minimum absolute atomic E-state index is 0.0201. The molecule has 27 heavy (non-hydrogen) atoms. The van der Waals surface area contributed by atoms with Crippen LogP contribution in [0.2, 0.25) is 5.02 Å². The lowest BCUT2D eigenvalue weighted by atomic mass is 10.1. The van der Waals surface area contributed by atoms with Gasteiger partial charge in [0.1, 0.15) is 0 Å². The standard InChI is InChI=1S/C20H23ClN2O4/c1-13(2)23(11-14-7-5-4-6-8-14)20(25)15-9-16(21)19(17(10-15)26-3)27-12-18(22)24/h4-10,13H,11-12H2,1-3H3,(H2,22,24). The highest BCUT2D eigenvalue weighted by Crippen LogP contribution is 2.37. The second kappa shape index (κ2) is 9.28. The van der Waals surface area contributed by atoms with E-state index in [1.54, 1.807) is 11.0 Å². The van der Waals surface area contributed by atoms with Crippen LogP contribution in [0.4, 0.5) is 0 Å². The maximum atomic E-state index is 13.1. The number of carbonyl (C=O) groups excluding carboxylic acids is 2. The molecule has 0 radical (unpaired) electrons. The summed E-state index contributed by atoms with van der Waals surface area (Å²) in [6, 6.07) is 12.8. The first-order valence-electron chi connectivity index (χ1n) is 8.47. The number of rotatable bonds is 8. The van der Waals surface area contributed by atoms with Crippen molar-refractivity contribution in [1.82, 2.24) is 4.90 Å². The zero-order valence-electron chi connectivity index (χ0n) is 15.6. The second-order valence-electron chi connectivity index (χ2n) is 6.26. The Balaban J connectivity index is 2.32. The molecule has 0 aliphatic rings. The van der Waals surface area contributed by atoms with Crippen molar-refractivity contribution in [1.29, 1.82) is 0 Å². The van der Waals surface area contributed by atoms with Gasteiger partial charge in [-0.25, -0.2) is 0 Å². The van der Waals surface area contributed by atoms with Crippen LogP contribution < -0.4 is 15.2 Å². The zero-order chi connectivity index (χ0) is 20.0. The number of amides is 2. The van der Waals surface area contributed by atoms with Gasteiger partial charge >= 0.3 is 0 Å². The van der Waals surface area contributed by atoms with Crippen LogP contribution in [-0.2, 0) is 11.3 Å². The number of nitrogens with two attached hydrogens (primary N) is 1. The molecule has 0 spiro atoms. The Morgan fingerprint density at radius 1 is 1.19 bits per heavy atom. The molecule has 0 aliphatic carbocycles. The molecule has 0 aliphatic heterocycles. The van der Waals surface area contributed by atoms with Gasteiger partial charge in [-0.2, -0.15) is 0 Å². The summed E-state index contributed by atoms with van der Waals surface area (Å²) >= 11 is 6.26. The lowest BCUT2D eigenvalue weighted by Crippen LogP contribution is -2.36. The van der Waals surface area contributed by atoms with E-state index in [1.165, 1.54) is 13.2 Å². The van der Waals surface area contributed by atoms with Gasteiger partial charge in [0.25, 0.3) is 11.8 Å². The SMILES string of the molecule is COc1cc(C(=O)N(Cc2ccccc2)C(C)C)cc(Cl)c1OCC(N)=O. The molecule has 144 valence electrons. The van der Waals surface area contributed by atoms with Crippen molar-refractivity contribution >= 4 is 23.4 Å². The molecule has 6 nitrogen and oxygen atoms in total. The van der Waals surface area contributed by atoms with Crippen LogP contribution in [0, 0.1) is 0 Å². The van der Waals surface area contributed by atoms with Crippen molar-refractivity contribution in [2.75, 3.05) is 13.7 Å². The molecule has 0 saturated heterocycles. The first-order valence-corrected chi connectivity index (χ1v) is 8.84. The summed E-state index contributed by atoms with van der Waals surface area (Å²) in [4.78, 5) is 25.8. The molecule has 0 bridgehead atoms. The fourth-order valence-corrected chi connectivity index (χ4v) is 2.83. The summed E-state index contributed by atoms with van der Waals surface area (Å²) in [6.07, 6.45) is 0. The number of ether oxygens (including phenoxy) is 2. The summed E-state index contributed by atoms with van der Waals surface area (Å²) < 4.78 is 10.6. The summed E-state index contributed by atoms with van der Waals surface area (Å²) in [6.45, 7) is 4.03. The van der Waals surface area contributed by atoms with Crippen LogP contribution in [0.5, 0.6) is 11.5 Å². The van der Waals surface area contributed by atoms with E-state index in [4.69, 9.17) is 26.8 Å². The average molecular weight is 391 g/mol. The molecule has 0 saturated carbocycles. The zero-order valence-corrected chi connectivity index (χ0v) is 16.3. The number of hydrogen-bond donors (Lipinski definition) is 1. The lowest BCUT2D eigenvalue weighted by Gasteiger charge is -2.27. The third-order valence-electron chi connectivity index (χ3n) is 3.92.